The molecule has 7 heteroatoms. The molecular formula is C18H18N4O2S. The maximum absolute atomic E-state index is 11.8. The molecule has 128 valence electrons. The van der Waals surface area contributed by atoms with Gasteiger partial charge < -0.3 is 10.0 Å². The van der Waals surface area contributed by atoms with Gasteiger partial charge in [0.05, 0.1) is 15.9 Å². The molecule has 0 spiro atoms. The first kappa shape index (κ1) is 16.0. The molecular weight excluding hydrogens is 336 g/mol. The lowest BCUT2D eigenvalue weighted by Crippen LogP contribution is -2.56. The lowest BCUT2D eigenvalue weighted by atomic mass is 10.1. The number of carbonyl (C=O) groups is 1. The maximum Gasteiger partial charge on any atom is 0.322 e. The summed E-state index contributed by atoms with van der Waals surface area (Å²) in [6, 6.07) is 13.1. The first-order chi connectivity index (χ1) is 12.2. The van der Waals surface area contributed by atoms with Crippen molar-refractivity contribution in [1.82, 2.24) is 14.9 Å². The predicted octanol–water partition coefficient (Wildman–Crippen LogP) is 2.47. The number of aliphatic carboxylic acids is 1. The Kier molecular flexibility index (Phi) is 4.33. The molecule has 0 saturated carbocycles. The molecule has 6 nitrogen and oxygen atoms in total. The molecule has 3 aromatic rings. The minimum atomic E-state index is -0.804. The number of thiazole rings is 1. The molecule has 25 heavy (non-hydrogen) atoms. The third kappa shape index (κ3) is 3.33. The molecule has 0 radical (unpaired) electrons. The van der Waals surface area contributed by atoms with Crippen LogP contribution in [0.3, 0.4) is 0 Å². The molecule has 1 N–H and O–H groups in total. The van der Waals surface area contributed by atoms with E-state index < -0.39 is 12.0 Å². The average molecular weight is 354 g/mol. The second-order valence-corrected chi connectivity index (χ2v) is 7.06. The summed E-state index contributed by atoms with van der Waals surface area (Å²) in [7, 11) is 0. The fourth-order valence-electron chi connectivity index (χ4n) is 3.11. The second-order valence-electron chi connectivity index (χ2n) is 6.06. The van der Waals surface area contributed by atoms with Gasteiger partial charge in [-0.05, 0) is 24.3 Å². The topological polar surface area (TPSA) is 69.6 Å². The minimum Gasteiger partial charge on any atom is -0.480 e. The molecule has 1 fully saturated rings. The highest BCUT2D eigenvalue weighted by Crippen LogP contribution is 2.30. The molecule has 1 aromatic carbocycles. The van der Waals surface area contributed by atoms with E-state index in [1.54, 1.807) is 17.5 Å². The van der Waals surface area contributed by atoms with Gasteiger partial charge in [0.1, 0.15) is 6.04 Å². The molecule has 0 aliphatic carbocycles. The largest absolute Gasteiger partial charge is 0.480 e. The van der Waals surface area contributed by atoms with Crippen molar-refractivity contribution < 1.29 is 9.90 Å². The van der Waals surface area contributed by atoms with Crippen molar-refractivity contribution in [3.05, 3.63) is 54.4 Å². The number of hydrogen-bond acceptors (Lipinski definition) is 6. The Morgan fingerprint density at radius 3 is 2.80 bits per heavy atom. The highest BCUT2D eigenvalue weighted by atomic mass is 32.1. The van der Waals surface area contributed by atoms with E-state index in [4.69, 9.17) is 0 Å². The summed E-state index contributed by atoms with van der Waals surface area (Å²) in [6.07, 6.45) is 1.74. The van der Waals surface area contributed by atoms with Crippen molar-refractivity contribution in [2.24, 2.45) is 0 Å². The van der Waals surface area contributed by atoms with Crippen LogP contribution in [0.5, 0.6) is 0 Å². The number of para-hydroxylation sites is 1. The van der Waals surface area contributed by atoms with E-state index in [-0.39, 0.29) is 0 Å². The number of anilines is 1. The molecule has 0 bridgehead atoms. The quantitative estimate of drug-likeness (QED) is 0.776. The lowest BCUT2D eigenvalue weighted by Gasteiger charge is -2.39. The van der Waals surface area contributed by atoms with E-state index in [2.05, 4.69) is 14.9 Å². The monoisotopic (exact) mass is 354 g/mol. The minimum absolute atomic E-state index is 0.433. The predicted molar refractivity (Wildman–Crippen MR) is 97.9 cm³/mol. The fraction of sp³-hybridized carbons (Fsp3) is 0.278. The number of pyridine rings is 1. The first-order valence-corrected chi connectivity index (χ1v) is 8.99. The molecule has 2 aromatic heterocycles. The number of carboxylic acid groups (broad SMARTS) is 1. The van der Waals surface area contributed by atoms with Crippen molar-refractivity contribution in [2.75, 3.05) is 24.5 Å². The summed E-state index contributed by atoms with van der Waals surface area (Å²) in [5.74, 6) is -0.804. The summed E-state index contributed by atoms with van der Waals surface area (Å²) in [5.41, 5.74) is 1.85. The Hall–Kier alpha value is -2.51. The standard InChI is InChI=1S/C18H18N4O2S/c23-17(24)15-12-22(18-20-14-6-1-2-7-16(14)25-18)10-9-21(15)11-13-5-3-4-8-19-13/h1-8,15H,9-12H2,(H,23,24). The Morgan fingerprint density at radius 1 is 1.20 bits per heavy atom. The van der Waals surface area contributed by atoms with Gasteiger partial charge in [-0.2, -0.15) is 0 Å². The Bertz CT molecular complexity index is 850. The Balaban J connectivity index is 1.53. The highest BCUT2D eigenvalue weighted by Gasteiger charge is 2.33. The first-order valence-electron chi connectivity index (χ1n) is 8.18. The van der Waals surface area contributed by atoms with Crippen molar-refractivity contribution in [3.63, 3.8) is 0 Å². The van der Waals surface area contributed by atoms with Crippen LogP contribution in [-0.2, 0) is 11.3 Å². The van der Waals surface area contributed by atoms with E-state index >= 15 is 0 Å². The summed E-state index contributed by atoms with van der Waals surface area (Å²) >= 11 is 1.61. The Morgan fingerprint density at radius 2 is 2.04 bits per heavy atom. The van der Waals surface area contributed by atoms with Crippen LogP contribution >= 0.6 is 11.3 Å². The second kappa shape index (κ2) is 6.78. The van der Waals surface area contributed by atoms with Crippen LogP contribution in [0.1, 0.15) is 5.69 Å². The van der Waals surface area contributed by atoms with Gasteiger partial charge in [0.25, 0.3) is 0 Å². The molecule has 1 unspecified atom stereocenters. The van der Waals surface area contributed by atoms with Gasteiger partial charge in [0.15, 0.2) is 5.13 Å². The summed E-state index contributed by atoms with van der Waals surface area (Å²) in [5, 5.41) is 10.6. The highest BCUT2D eigenvalue weighted by molar-refractivity contribution is 7.22. The van der Waals surface area contributed by atoms with E-state index in [1.807, 2.05) is 47.4 Å². The fourth-order valence-corrected chi connectivity index (χ4v) is 4.11. The summed E-state index contributed by atoms with van der Waals surface area (Å²) in [6.45, 7) is 2.41. The van der Waals surface area contributed by atoms with Crippen LogP contribution < -0.4 is 4.90 Å². The van der Waals surface area contributed by atoms with E-state index in [0.29, 0.717) is 19.6 Å². The van der Waals surface area contributed by atoms with E-state index in [9.17, 15) is 9.90 Å². The van der Waals surface area contributed by atoms with Crippen LogP contribution in [-0.4, -0.2) is 51.6 Å². The number of nitrogens with zero attached hydrogens (tertiary/aromatic N) is 4. The van der Waals surface area contributed by atoms with Crippen LogP contribution in [0.25, 0.3) is 10.2 Å². The zero-order chi connectivity index (χ0) is 17.2. The number of hydrogen-bond donors (Lipinski definition) is 1. The van der Waals surface area contributed by atoms with Crippen molar-refractivity contribution in [3.8, 4) is 0 Å². The average Bonchev–Trinajstić information content (AvgIpc) is 3.07. The van der Waals surface area contributed by atoms with Gasteiger partial charge in [-0.25, -0.2) is 4.98 Å². The molecule has 3 heterocycles. The van der Waals surface area contributed by atoms with Gasteiger partial charge in [-0.1, -0.05) is 29.5 Å². The van der Waals surface area contributed by atoms with Crippen molar-refractivity contribution in [2.45, 2.75) is 12.6 Å². The third-order valence-electron chi connectivity index (χ3n) is 4.42. The number of fused-ring (bicyclic) bond motifs is 1. The van der Waals surface area contributed by atoms with Crippen LogP contribution in [0.4, 0.5) is 5.13 Å². The molecule has 4 rings (SSSR count). The molecule has 1 aliphatic rings. The molecule has 1 aliphatic heterocycles. The molecule has 1 atom stereocenters. The smallest absolute Gasteiger partial charge is 0.322 e. The number of piperazine rings is 1. The number of rotatable bonds is 4. The van der Waals surface area contributed by atoms with Crippen molar-refractivity contribution >= 4 is 32.7 Å². The maximum atomic E-state index is 11.8. The van der Waals surface area contributed by atoms with Crippen molar-refractivity contribution in [1.29, 1.82) is 0 Å². The van der Waals surface area contributed by atoms with E-state index in [1.165, 1.54) is 0 Å². The zero-order valence-corrected chi connectivity index (χ0v) is 14.4. The molecule has 1 saturated heterocycles. The SMILES string of the molecule is O=C(O)C1CN(c2nc3ccccc3s2)CCN1Cc1ccccn1. The van der Waals surface area contributed by atoms with Crippen LogP contribution in [0.2, 0.25) is 0 Å². The number of carboxylic acids is 1. The Labute approximate surface area is 149 Å². The summed E-state index contributed by atoms with van der Waals surface area (Å²) in [4.78, 5) is 24.8. The third-order valence-corrected chi connectivity index (χ3v) is 5.52. The van der Waals surface area contributed by atoms with Gasteiger partial charge >= 0.3 is 5.97 Å². The zero-order valence-electron chi connectivity index (χ0n) is 13.6. The number of benzene rings is 1. The van der Waals surface area contributed by atoms with E-state index in [0.717, 1.165) is 27.6 Å². The normalized spacial score (nSPS) is 18.6. The van der Waals surface area contributed by atoms with Gasteiger partial charge in [-0.3, -0.25) is 14.7 Å². The van der Waals surface area contributed by atoms with Gasteiger partial charge in [0, 0.05) is 32.4 Å². The van der Waals surface area contributed by atoms with Gasteiger partial charge in [0.2, 0.25) is 0 Å². The van der Waals surface area contributed by atoms with Crippen LogP contribution in [0.15, 0.2) is 48.7 Å². The summed E-state index contributed by atoms with van der Waals surface area (Å²) < 4.78 is 1.13. The van der Waals surface area contributed by atoms with Crippen LogP contribution in [0, 0.1) is 0 Å². The number of aromatic nitrogens is 2. The lowest BCUT2D eigenvalue weighted by molar-refractivity contribution is -0.143. The van der Waals surface area contributed by atoms with Gasteiger partial charge in [-0.15, -0.1) is 0 Å². The molecule has 0 amide bonds.